The van der Waals surface area contributed by atoms with Crippen molar-refractivity contribution in [2.45, 2.75) is 12.6 Å². The smallest absolute Gasteiger partial charge is 0.325 e. The molecule has 1 atom stereocenters. The average molecular weight is 414 g/mol. The molecule has 1 saturated heterocycles. The highest BCUT2D eigenvalue weighted by Crippen LogP contribution is 2.32. The van der Waals surface area contributed by atoms with E-state index in [0.717, 1.165) is 41.1 Å². The summed E-state index contributed by atoms with van der Waals surface area (Å²) in [5.41, 5.74) is 2.85. The molecular weight excluding hydrogens is 390 g/mol. The third-order valence-corrected chi connectivity index (χ3v) is 5.75. The number of carbonyl (C=O) groups is 1. The lowest BCUT2D eigenvalue weighted by Gasteiger charge is -2.37. The first-order valence-corrected chi connectivity index (χ1v) is 10.0. The van der Waals surface area contributed by atoms with Gasteiger partial charge in [0.25, 0.3) is 0 Å². The predicted molar refractivity (Wildman–Crippen MR) is 114 cm³/mol. The highest BCUT2D eigenvalue weighted by atomic mass is 35.5. The standard InChI is InChI=1S/C22H24ClN3O3/c1-29-17-5-6-20-18(12-17)19(13-24-20)21(22(27)28)26-9-7-25(8-10-26)14-15-3-2-4-16(23)11-15/h2-6,11-13,21,24H,7-10,14H2,1H3,(H,27,28)/t21-/m0/s1. The Morgan fingerprint density at radius 1 is 1.21 bits per heavy atom. The minimum atomic E-state index is -0.836. The van der Waals surface area contributed by atoms with Crippen molar-refractivity contribution in [2.24, 2.45) is 0 Å². The lowest BCUT2D eigenvalue weighted by atomic mass is 10.0. The van der Waals surface area contributed by atoms with Gasteiger partial charge in [0.05, 0.1) is 7.11 Å². The molecule has 1 fully saturated rings. The van der Waals surface area contributed by atoms with Gasteiger partial charge in [-0.05, 0) is 35.9 Å². The van der Waals surface area contributed by atoms with Gasteiger partial charge < -0.3 is 14.8 Å². The highest BCUT2D eigenvalue weighted by molar-refractivity contribution is 6.30. The van der Waals surface area contributed by atoms with Crippen LogP contribution in [0.15, 0.2) is 48.7 Å². The topological polar surface area (TPSA) is 68.8 Å². The fourth-order valence-corrected chi connectivity index (χ4v) is 4.25. The monoisotopic (exact) mass is 413 g/mol. The van der Waals surface area contributed by atoms with E-state index in [-0.39, 0.29) is 0 Å². The van der Waals surface area contributed by atoms with Crippen molar-refractivity contribution >= 4 is 28.5 Å². The maximum atomic E-state index is 12.2. The molecule has 0 radical (unpaired) electrons. The number of nitrogens with zero attached hydrogens (tertiary/aromatic N) is 2. The summed E-state index contributed by atoms with van der Waals surface area (Å²) in [7, 11) is 1.61. The Labute approximate surface area is 174 Å². The highest BCUT2D eigenvalue weighted by Gasteiger charge is 2.32. The van der Waals surface area contributed by atoms with Gasteiger partial charge >= 0.3 is 5.97 Å². The largest absolute Gasteiger partial charge is 0.497 e. The van der Waals surface area contributed by atoms with E-state index < -0.39 is 12.0 Å². The van der Waals surface area contributed by atoms with Gasteiger partial charge in [0, 0.05) is 60.4 Å². The molecule has 0 spiro atoms. The maximum Gasteiger partial charge on any atom is 0.325 e. The van der Waals surface area contributed by atoms with E-state index in [4.69, 9.17) is 16.3 Å². The molecule has 0 bridgehead atoms. The second kappa shape index (κ2) is 8.45. The number of rotatable bonds is 6. The quantitative estimate of drug-likeness (QED) is 0.643. The summed E-state index contributed by atoms with van der Waals surface area (Å²) in [6, 6.07) is 12.9. The number of H-pyrrole nitrogens is 1. The molecular formula is C22H24ClN3O3. The van der Waals surface area contributed by atoms with E-state index in [1.807, 2.05) is 41.3 Å². The molecule has 1 aromatic heterocycles. The van der Waals surface area contributed by atoms with Crippen molar-refractivity contribution in [3.05, 3.63) is 64.8 Å². The van der Waals surface area contributed by atoms with E-state index >= 15 is 0 Å². The Morgan fingerprint density at radius 2 is 2.00 bits per heavy atom. The molecule has 0 aliphatic carbocycles. The fourth-order valence-electron chi connectivity index (χ4n) is 4.03. The van der Waals surface area contributed by atoms with Gasteiger partial charge in [-0.25, -0.2) is 0 Å². The average Bonchev–Trinajstić information content (AvgIpc) is 3.12. The number of halogens is 1. The molecule has 29 heavy (non-hydrogen) atoms. The number of ether oxygens (including phenoxy) is 1. The number of nitrogens with one attached hydrogen (secondary N) is 1. The van der Waals surface area contributed by atoms with Gasteiger partial charge in [-0.3, -0.25) is 14.6 Å². The van der Waals surface area contributed by atoms with Crippen molar-refractivity contribution in [3.63, 3.8) is 0 Å². The van der Waals surface area contributed by atoms with Crippen LogP contribution in [0.3, 0.4) is 0 Å². The molecule has 0 saturated carbocycles. The van der Waals surface area contributed by atoms with Gasteiger partial charge in [0.2, 0.25) is 0 Å². The first kappa shape index (κ1) is 19.8. The Balaban J connectivity index is 1.50. The van der Waals surface area contributed by atoms with Crippen LogP contribution in [0, 0.1) is 0 Å². The minimum Gasteiger partial charge on any atom is -0.497 e. The van der Waals surface area contributed by atoms with Crippen LogP contribution in [0.4, 0.5) is 0 Å². The number of carboxylic acids is 1. The molecule has 152 valence electrons. The number of hydrogen-bond acceptors (Lipinski definition) is 4. The third-order valence-electron chi connectivity index (χ3n) is 5.52. The lowest BCUT2D eigenvalue weighted by Crippen LogP contribution is -2.48. The van der Waals surface area contributed by atoms with Crippen LogP contribution in [-0.2, 0) is 11.3 Å². The van der Waals surface area contributed by atoms with Crippen molar-refractivity contribution in [1.29, 1.82) is 0 Å². The van der Waals surface area contributed by atoms with Crippen LogP contribution in [-0.4, -0.2) is 59.1 Å². The van der Waals surface area contributed by atoms with Crippen LogP contribution < -0.4 is 4.74 Å². The van der Waals surface area contributed by atoms with Crippen molar-refractivity contribution in [2.75, 3.05) is 33.3 Å². The Hall–Kier alpha value is -2.54. The first-order valence-electron chi connectivity index (χ1n) is 9.64. The summed E-state index contributed by atoms with van der Waals surface area (Å²) in [5, 5.41) is 11.6. The number of fused-ring (bicyclic) bond motifs is 1. The summed E-state index contributed by atoms with van der Waals surface area (Å²) in [4.78, 5) is 19.8. The van der Waals surface area contributed by atoms with Crippen LogP contribution in [0.1, 0.15) is 17.2 Å². The minimum absolute atomic E-state index is 0.689. The fraction of sp³-hybridized carbons (Fsp3) is 0.318. The molecule has 2 N–H and O–H groups in total. The molecule has 1 aliphatic heterocycles. The molecule has 2 heterocycles. The van der Waals surface area contributed by atoms with Crippen LogP contribution >= 0.6 is 11.6 Å². The number of carboxylic acid groups (broad SMARTS) is 1. The first-order chi connectivity index (χ1) is 14.0. The number of aromatic nitrogens is 1. The SMILES string of the molecule is COc1ccc2[nH]cc([C@@H](C(=O)O)N3CCN(Cc4cccc(Cl)c4)CC3)c2c1. The maximum absolute atomic E-state index is 12.2. The number of piperazine rings is 1. The summed E-state index contributed by atoms with van der Waals surface area (Å²) in [6.45, 7) is 3.81. The molecule has 4 rings (SSSR count). The summed E-state index contributed by atoms with van der Waals surface area (Å²) < 4.78 is 5.32. The zero-order chi connectivity index (χ0) is 20.4. The Morgan fingerprint density at radius 3 is 2.69 bits per heavy atom. The molecule has 3 aromatic rings. The third kappa shape index (κ3) is 4.24. The molecule has 0 unspecified atom stereocenters. The molecule has 2 aromatic carbocycles. The molecule has 1 aliphatic rings. The molecule has 0 amide bonds. The Bertz CT molecular complexity index is 1010. The molecule has 6 nitrogen and oxygen atoms in total. The van der Waals surface area contributed by atoms with Crippen molar-refractivity contribution < 1.29 is 14.6 Å². The second-order valence-corrected chi connectivity index (χ2v) is 7.77. The van der Waals surface area contributed by atoms with Gasteiger partial charge in [0.1, 0.15) is 11.8 Å². The van der Waals surface area contributed by atoms with E-state index in [0.29, 0.717) is 18.8 Å². The van der Waals surface area contributed by atoms with Crippen LogP contribution in [0.2, 0.25) is 5.02 Å². The number of benzene rings is 2. The molecule has 7 heteroatoms. The summed E-state index contributed by atoms with van der Waals surface area (Å²) in [5.74, 6) is -0.120. The van der Waals surface area contributed by atoms with Gasteiger partial charge in [-0.15, -0.1) is 0 Å². The number of aliphatic carboxylic acids is 1. The van der Waals surface area contributed by atoms with Crippen LogP contribution in [0.5, 0.6) is 5.75 Å². The van der Waals surface area contributed by atoms with Gasteiger partial charge in [-0.1, -0.05) is 23.7 Å². The number of aromatic amines is 1. The Kier molecular flexibility index (Phi) is 5.76. The van der Waals surface area contributed by atoms with Crippen LogP contribution in [0.25, 0.3) is 10.9 Å². The van der Waals surface area contributed by atoms with E-state index in [1.165, 1.54) is 5.56 Å². The number of hydrogen-bond donors (Lipinski definition) is 2. The van der Waals surface area contributed by atoms with Gasteiger partial charge in [0.15, 0.2) is 0 Å². The van der Waals surface area contributed by atoms with Crippen molar-refractivity contribution in [3.8, 4) is 5.75 Å². The zero-order valence-corrected chi connectivity index (χ0v) is 17.0. The van der Waals surface area contributed by atoms with E-state index in [2.05, 4.69) is 16.0 Å². The number of methoxy groups -OCH3 is 1. The van der Waals surface area contributed by atoms with E-state index in [9.17, 15) is 9.90 Å². The predicted octanol–water partition coefficient (Wildman–Crippen LogP) is 3.77. The van der Waals surface area contributed by atoms with Gasteiger partial charge in [-0.2, -0.15) is 0 Å². The second-order valence-electron chi connectivity index (χ2n) is 7.34. The lowest BCUT2D eigenvalue weighted by molar-refractivity contribution is -0.144. The normalized spacial score (nSPS) is 16.8. The zero-order valence-electron chi connectivity index (χ0n) is 16.3. The summed E-state index contributed by atoms with van der Waals surface area (Å²) >= 11 is 6.08. The van der Waals surface area contributed by atoms with E-state index in [1.54, 1.807) is 13.3 Å². The summed E-state index contributed by atoms with van der Waals surface area (Å²) in [6.07, 6.45) is 1.81. The van der Waals surface area contributed by atoms with Crippen molar-refractivity contribution in [1.82, 2.24) is 14.8 Å².